The highest BCUT2D eigenvalue weighted by Crippen LogP contribution is 2.19. The fourth-order valence-corrected chi connectivity index (χ4v) is 2.70. The highest BCUT2D eigenvalue weighted by atomic mass is 32.1. The molecule has 0 saturated heterocycles. The zero-order valence-corrected chi connectivity index (χ0v) is 14.3. The van der Waals surface area contributed by atoms with Crippen LogP contribution in [0.2, 0.25) is 0 Å². The number of nitrogens with zero attached hydrogens (tertiary/aromatic N) is 2. The largest absolute Gasteiger partial charge is 0.467 e. The number of thiocarbonyl (C=S) groups is 1. The lowest BCUT2D eigenvalue weighted by Gasteiger charge is -2.25. The van der Waals surface area contributed by atoms with Gasteiger partial charge in [0.05, 0.1) is 24.7 Å². The van der Waals surface area contributed by atoms with Crippen molar-refractivity contribution in [2.75, 3.05) is 10.2 Å². The first-order valence-corrected chi connectivity index (χ1v) is 8.27. The molecule has 3 rings (SSSR count). The maximum atomic E-state index is 5.64. The van der Waals surface area contributed by atoms with Crippen LogP contribution in [0.5, 0.6) is 0 Å². The third-order valence-corrected chi connectivity index (χ3v) is 4.01. The molecule has 24 heavy (non-hydrogen) atoms. The Balaban J connectivity index is 1.82. The quantitative estimate of drug-likeness (QED) is 0.687. The van der Waals surface area contributed by atoms with E-state index in [9.17, 15) is 0 Å². The van der Waals surface area contributed by atoms with Crippen LogP contribution in [0, 0.1) is 0 Å². The Kier molecular flexibility index (Phi) is 5.23. The summed E-state index contributed by atoms with van der Waals surface area (Å²) in [5.74, 6) is 0.838. The molecule has 0 aliphatic carbocycles. The maximum absolute atomic E-state index is 5.64. The number of benzene rings is 1. The number of furan rings is 1. The van der Waals surface area contributed by atoms with Crippen LogP contribution in [0.4, 0.5) is 11.4 Å². The molecule has 1 aromatic carbocycles. The summed E-state index contributed by atoms with van der Waals surface area (Å²) in [6.45, 7) is 2.67. The van der Waals surface area contributed by atoms with E-state index in [0.29, 0.717) is 11.7 Å². The standard InChI is InChI=1S/C19H19N3OS/c1-2-15-6-3-7-16(12-15)21-19(24)22(14-18-9-5-11-23-18)17-8-4-10-20-13-17/h3-13H,2,14H2,1H3,(H,21,24). The smallest absolute Gasteiger partial charge is 0.178 e. The van der Waals surface area contributed by atoms with E-state index in [0.717, 1.165) is 23.6 Å². The first-order valence-electron chi connectivity index (χ1n) is 7.86. The lowest BCUT2D eigenvalue weighted by molar-refractivity contribution is 0.512. The van der Waals surface area contributed by atoms with Crippen LogP contribution < -0.4 is 10.2 Å². The summed E-state index contributed by atoms with van der Waals surface area (Å²) < 4.78 is 5.47. The summed E-state index contributed by atoms with van der Waals surface area (Å²) in [5, 5.41) is 3.92. The number of aryl methyl sites for hydroxylation is 1. The van der Waals surface area contributed by atoms with E-state index in [-0.39, 0.29) is 0 Å². The molecule has 0 amide bonds. The van der Waals surface area contributed by atoms with Crippen molar-refractivity contribution in [3.63, 3.8) is 0 Å². The summed E-state index contributed by atoms with van der Waals surface area (Å²) >= 11 is 5.64. The van der Waals surface area contributed by atoms with Gasteiger partial charge >= 0.3 is 0 Å². The Morgan fingerprint density at radius 3 is 2.83 bits per heavy atom. The molecule has 0 radical (unpaired) electrons. The fourth-order valence-electron chi connectivity index (χ4n) is 2.41. The lowest BCUT2D eigenvalue weighted by Crippen LogP contribution is -2.34. The molecular weight excluding hydrogens is 318 g/mol. The number of rotatable bonds is 5. The number of aromatic nitrogens is 1. The zero-order valence-electron chi connectivity index (χ0n) is 13.5. The summed E-state index contributed by atoms with van der Waals surface area (Å²) in [4.78, 5) is 6.16. The highest BCUT2D eigenvalue weighted by molar-refractivity contribution is 7.80. The van der Waals surface area contributed by atoms with Crippen LogP contribution in [0.15, 0.2) is 71.6 Å². The minimum absolute atomic E-state index is 0.540. The molecule has 3 aromatic rings. The molecule has 5 heteroatoms. The lowest BCUT2D eigenvalue weighted by atomic mass is 10.1. The molecule has 0 aliphatic heterocycles. The summed E-state index contributed by atoms with van der Waals surface area (Å²) in [6.07, 6.45) is 6.19. The van der Waals surface area contributed by atoms with Gasteiger partial charge in [-0.2, -0.15) is 0 Å². The SMILES string of the molecule is CCc1cccc(NC(=S)N(Cc2ccco2)c2cccnc2)c1. The predicted molar refractivity (Wildman–Crippen MR) is 101 cm³/mol. The first kappa shape index (κ1) is 16.2. The van der Waals surface area contributed by atoms with Crippen molar-refractivity contribution in [2.45, 2.75) is 19.9 Å². The van der Waals surface area contributed by atoms with Gasteiger partial charge in [0.1, 0.15) is 5.76 Å². The van der Waals surface area contributed by atoms with Crippen LogP contribution in [0.3, 0.4) is 0 Å². The predicted octanol–water partition coefficient (Wildman–Crippen LogP) is 4.64. The van der Waals surface area contributed by atoms with Gasteiger partial charge in [0.2, 0.25) is 0 Å². The Morgan fingerprint density at radius 2 is 2.12 bits per heavy atom. The third-order valence-electron chi connectivity index (χ3n) is 3.68. The van der Waals surface area contributed by atoms with Gasteiger partial charge in [-0.15, -0.1) is 0 Å². The molecule has 0 saturated carbocycles. The Bertz CT molecular complexity index is 787. The minimum atomic E-state index is 0.540. The zero-order chi connectivity index (χ0) is 16.8. The van der Waals surface area contributed by atoms with Crippen molar-refractivity contribution in [1.29, 1.82) is 0 Å². The fraction of sp³-hybridized carbons (Fsp3) is 0.158. The molecule has 4 nitrogen and oxygen atoms in total. The average molecular weight is 337 g/mol. The van der Waals surface area contributed by atoms with E-state index in [1.165, 1.54) is 5.56 Å². The van der Waals surface area contributed by atoms with Crippen molar-refractivity contribution in [3.05, 3.63) is 78.5 Å². The highest BCUT2D eigenvalue weighted by Gasteiger charge is 2.15. The van der Waals surface area contributed by atoms with Crippen molar-refractivity contribution >= 4 is 28.7 Å². The van der Waals surface area contributed by atoms with Gasteiger partial charge < -0.3 is 14.6 Å². The normalized spacial score (nSPS) is 10.4. The first-order chi connectivity index (χ1) is 11.8. The summed E-state index contributed by atoms with van der Waals surface area (Å²) in [7, 11) is 0. The molecule has 1 N–H and O–H groups in total. The van der Waals surface area contributed by atoms with Crippen LogP contribution in [0.1, 0.15) is 18.2 Å². The second-order valence-electron chi connectivity index (χ2n) is 5.36. The summed E-state index contributed by atoms with van der Waals surface area (Å²) in [5.41, 5.74) is 3.16. The van der Waals surface area contributed by atoms with E-state index in [1.54, 1.807) is 18.7 Å². The van der Waals surface area contributed by atoms with Gasteiger partial charge in [-0.05, 0) is 60.6 Å². The summed E-state index contributed by atoms with van der Waals surface area (Å²) in [6, 6.07) is 15.9. The molecule has 122 valence electrons. The van der Waals surface area contributed by atoms with Gasteiger partial charge in [-0.1, -0.05) is 19.1 Å². The van der Waals surface area contributed by atoms with Gasteiger partial charge in [-0.3, -0.25) is 4.98 Å². The second kappa shape index (κ2) is 7.75. The Labute approximate surface area is 147 Å². The van der Waals surface area contributed by atoms with Crippen LogP contribution in [-0.4, -0.2) is 10.1 Å². The van der Waals surface area contributed by atoms with Crippen molar-refractivity contribution < 1.29 is 4.42 Å². The number of hydrogen-bond acceptors (Lipinski definition) is 3. The van der Waals surface area contributed by atoms with E-state index < -0.39 is 0 Å². The molecule has 0 unspecified atom stereocenters. The van der Waals surface area contributed by atoms with Gasteiger partial charge in [0.15, 0.2) is 5.11 Å². The number of hydrogen-bond donors (Lipinski definition) is 1. The van der Waals surface area contributed by atoms with Crippen LogP contribution >= 0.6 is 12.2 Å². The maximum Gasteiger partial charge on any atom is 0.178 e. The monoisotopic (exact) mass is 337 g/mol. The number of nitrogens with one attached hydrogen (secondary N) is 1. The van der Waals surface area contributed by atoms with Crippen LogP contribution in [-0.2, 0) is 13.0 Å². The van der Waals surface area contributed by atoms with Crippen molar-refractivity contribution in [3.8, 4) is 0 Å². The molecule has 2 heterocycles. The number of pyridine rings is 1. The molecule has 0 bridgehead atoms. The van der Waals surface area contributed by atoms with E-state index in [4.69, 9.17) is 16.6 Å². The van der Waals surface area contributed by atoms with E-state index in [1.807, 2.05) is 41.3 Å². The van der Waals surface area contributed by atoms with Crippen LogP contribution in [0.25, 0.3) is 0 Å². The van der Waals surface area contributed by atoms with Crippen molar-refractivity contribution in [2.24, 2.45) is 0 Å². The molecule has 0 atom stereocenters. The second-order valence-corrected chi connectivity index (χ2v) is 5.75. The molecule has 0 fully saturated rings. The topological polar surface area (TPSA) is 41.3 Å². The molecule has 0 spiro atoms. The molecule has 2 aromatic heterocycles. The number of anilines is 2. The minimum Gasteiger partial charge on any atom is -0.467 e. The van der Waals surface area contributed by atoms with E-state index in [2.05, 4.69) is 29.4 Å². The average Bonchev–Trinajstić information content (AvgIpc) is 3.14. The van der Waals surface area contributed by atoms with Gasteiger partial charge in [0, 0.05) is 11.9 Å². The molecule has 0 aliphatic rings. The van der Waals surface area contributed by atoms with Crippen molar-refractivity contribution in [1.82, 2.24) is 4.98 Å². The van der Waals surface area contributed by atoms with E-state index >= 15 is 0 Å². The Hall–Kier alpha value is -2.66. The van der Waals surface area contributed by atoms with Gasteiger partial charge in [0.25, 0.3) is 0 Å². The van der Waals surface area contributed by atoms with Gasteiger partial charge in [-0.25, -0.2) is 0 Å². The third kappa shape index (κ3) is 4.00. The molecular formula is C19H19N3OS. The Morgan fingerprint density at radius 1 is 1.21 bits per heavy atom.